The Morgan fingerprint density at radius 3 is 2.85 bits per heavy atom. The highest BCUT2D eigenvalue weighted by atomic mass is 35.5. The molecular weight excluding hydrogens is 272 g/mol. The van der Waals surface area contributed by atoms with E-state index < -0.39 is 0 Å². The third-order valence-corrected chi connectivity index (χ3v) is 3.77. The lowest BCUT2D eigenvalue weighted by molar-refractivity contribution is -0.117. The average molecular weight is 285 g/mol. The van der Waals surface area contributed by atoms with Crippen molar-refractivity contribution in [3.63, 3.8) is 0 Å². The van der Waals surface area contributed by atoms with E-state index in [1.807, 2.05) is 36.4 Å². The van der Waals surface area contributed by atoms with Crippen LogP contribution in [-0.2, 0) is 17.8 Å². The number of nitrogens with one attached hydrogen (secondary N) is 1. The van der Waals surface area contributed by atoms with Crippen LogP contribution in [-0.4, -0.2) is 10.9 Å². The molecule has 1 aliphatic carbocycles. The highest BCUT2D eigenvalue weighted by molar-refractivity contribution is 6.51. The molecule has 3 rings (SSSR count). The maximum Gasteiger partial charge on any atom is 0.249 e. The summed E-state index contributed by atoms with van der Waals surface area (Å²) in [6, 6.07) is 11.6. The molecule has 4 heteroatoms. The van der Waals surface area contributed by atoms with Crippen LogP contribution in [0.4, 0.5) is 0 Å². The summed E-state index contributed by atoms with van der Waals surface area (Å²) in [7, 11) is 0. The summed E-state index contributed by atoms with van der Waals surface area (Å²) in [6.07, 6.45) is 4.03. The molecule has 100 valence electrons. The van der Waals surface area contributed by atoms with E-state index >= 15 is 0 Å². The van der Waals surface area contributed by atoms with E-state index in [0.29, 0.717) is 23.6 Å². The molecule has 0 radical (unpaired) electrons. The van der Waals surface area contributed by atoms with Crippen molar-refractivity contribution in [2.75, 3.05) is 0 Å². The zero-order chi connectivity index (χ0) is 13.9. The number of amides is 1. The molecule has 1 heterocycles. The van der Waals surface area contributed by atoms with Crippen molar-refractivity contribution in [2.24, 2.45) is 0 Å². The van der Waals surface area contributed by atoms with Gasteiger partial charge in [0.25, 0.3) is 0 Å². The number of fused-ring (bicyclic) bond motifs is 1. The van der Waals surface area contributed by atoms with Crippen LogP contribution in [0, 0.1) is 0 Å². The van der Waals surface area contributed by atoms with Gasteiger partial charge in [-0.1, -0.05) is 41.9 Å². The molecular formula is C16H13ClN2O. The smallest absolute Gasteiger partial charge is 0.249 e. The van der Waals surface area contributed by atoms with Crippen LogP contribution in [0.25, 0.3) is 5.03 Å². The summed E-state index contributed by atoms with van der Waals surface area (Å²) >= 11 is 6.29. The van der Waals surface area contributed by atoms with E-state index in [0.717, 1.165) is 16.7 Å². The SMILES string of the molecule is O=C(NCc1cccnc1)C1=C(Cl)c2ccccc2C1. The molecule has 0 bridgehead atoms. The molecule has 1 aromatic carbocycles. The summed E-state index contributed by atoms with van der Waals surface area (Å²) in [5, 5.41) is 3.44. The van der Waals surface area contributed by atoms with Gasteiger partial charge in [-0.3, -0.25) is 9.78 Å². The number of carbonyl (C=O) groups is 1. The van der Waals surface area contributed by atoms with Gasteiger partial charge >= 0.3 is 0 Å². The molecule has 1 aliphatic rings. The molecule has 0 fully saturated rings. The first-order valence-electron chi connectivity index (χ1n) is 6.40. The number of aromatic nitrogens is 1. The van der Waals surface area contributed by atoms with Crippen molar-refractivity contribution in [3.8, 4) is 0 Å². The summed E-state index contributed by atoms with van der Waals surface area (Å²) in [4.78, 5) is 16.2. The standard InChI is InChI=1S/C16H13ClN2O/c17-15-13-6-2-1-5-12(13)8-14(15)16(20)19-10-11-4-3-7-18-9-11/h1-7,9H,8,10H2,(H,19,20). The third kappa shape index (κ3) is 2.45. The van der Waals surface area contributed by atoms with Crippen LogP contribution in [0.15, 0.2) is 54.4 Å². The minimum atomic E-state index is -0.116. The minimum Gasteiger partial charge on any atom is -0.348 e. The number of nitrogens with zero attached hydrogens (tertiary/aromatic N) is 1. The van der Waals surface area contributed by atoms with Gasteiger partial charge in [0.1, 0.15) is 0 Å². The van der Waals surface area contributed by atoms with Crippen molar-refractivity contribution >= 4 is 22.5 Å². The van der Waals surface area contributed by atoms with Gasteiger partial charge in [-0.25, -0.2) is 0 Å². The third-order valence-electron chi connectivity index (χ3n) is 3.34. The molecule has 0 atom stereocenters. The van der Waals surface area contributed by atoms with Crippen LogP contribution in [0.3, 0.4) is 0 Å². The Labute approximate surface area is 122 Å². The second kappa shape index (κ2) is 5.47. The molecule has 3 nitrogen and oxygen atoms in total. The second-order valence-corrected chi connectivity index (χ2v) is 5.05. The summed E-state index contributed by atoms with van der Waals surface area (Å²) in [6.45, 7) is 0.455. The number of halogens is 1. The molecule has 0 spiro atoms. The topological polar surface area (TPSA) is 42.0 Å². The average Bonchev–Trinajstić information content (AvgIpc) is 2.84. The van der Waals surface area contributed by atoms with Crippen molar-refractivity contribution in [2.45, 2.75) is 13.0 Å². The number of pyridine rings is 1. The summed E-state index contributed by atoms with van der Waals surface area (Å²) < 4.78 is 0. The predicted octanol–water partition coefficient (Wildman–Crippen LogP) is 2.90. The lowest BCUT2D eigenvalue weighted by Gasteiger charge is -2.06. The normalized spacial score (nSPS) is 13.2. The first-order chi connectivity index (χ1) is 9.75. The van der Waals surface area contributed by atoms with Gasteiger partial charge in [0.2, 0.25) is 5.91 Å². The first kappa shape index (κ1) is 12.9. The van der Waals surface area contributed by atoms with Gasteiger partial charge in [0.05, 0.1) is 5.03 Å². The largest absolute Gasteiger partial charge is 0.348 e. The van der Waals surface area contributed by atoms with Crippen molar-refractivity contribution in [1.82, 2.24) is 10.3 Å². The Morgan fingerprint density at radius 2 is 2.10 bits per heavy atom. The van der Waals surface area contributed by atoms with Crippen LogP contribution in [0.5, 0.6) is 0 Å². The van der Waals surface area contributed by atoms with E-state index in [2.05, 4.69) is 10.3 Å². The van der Waals surface area contributed by atoms with Gasteiger partial charge in [-0.15, -0.1) is 0 Å². The number of hydrogen-bond acceptors (Lipinski definition) is 2. The molecule has 1 aromatic heterocycles. The number of rotatable bonds is 3. The quantitative estimate of drug-likeness (QED) is 0.942. The Kier molecular flexibility index (Phi) is 3.52. The Balaban J connectivity index is 1.72. The molecule has 0 saturated carbocycles. The highest BCUT2D eigenvalue weighted by Gasteiger charge is 2.24. The van der Waals surface area contributed by atoms with Gasteiger partial charge in [-0.05, 0) is 22.8 Å². The van der Waals surface area contributed by atoms with Crippen molar-refractivity contribution in [3.05, 3.63) is 71.1 Å². The number of benzene rings is 1. The fourth-order valence-electron chi connectivity index (χ4n) is 2.29. The van der Waals surface area contributed by atoms with Gasteiger partial charge < -0.3 is 5.32 Å². The van der Waals surface area contributed by atoms with Crippen molar-refractivity contribution in [1.29, 1.82) is 0 Å². The van der Waals surface area contributed by atoms with E-state index in [-0.39, 0.29) is 5.91 Å². The molecule has 1 N–H and O–H groups in total. The highest BCUT2D eigenvalue weighted by Crippen LogP contribution is 2.35. The van der Waals surface area contributed by atoms with E-state index in [9.17, 15) is 4.79 Å². The Hall–Kier alpha value is -2.13. The van der Waals surface area contributed by atoms with Gasteiger partial charge in [0, 0.05) is 30.9 Å². The molecule has 20 heavy (non-hydrogen) atoms. The first-order valence-corrected chi connectivity index (χ1v) is 6.77. The zero-order valence-electron chi connectivity index (χ0n) is 10.8. The monoisotopic (exact) mass is 284 g/mol. The van der Waals surface area contributed by atoms with Crippen LogP contribution in [0.1, 0.15) is 16.7 Å². The van der Waals surface area contributed by atoms with Crippen LogP contribution < -0.4 is 5.32 Å². The maximum atomic E-state index is 12.2. The fraction of sp³-hybridized carbons (Fsp3) is 0.125. The second-order valence-electron chi connectivity index (χ2n) is 4.67. The zero-order valence-corrected chi connectivity index (χ0v) is 11.5. The summed E-state index contributed by atoms with van der Waals surface area (Å²) in [5.74, 6) is -0.116. The van der Waals surface area contributed by atoms with E-state index in [1.54, 1.807) is 12.4 Å². The van der Waals surface area contributed by atoms with E-state index in [4.69, 9.17) is 11.6 Å². The van der Waals surface area contributed by atoms with Gasteiger partial charge in [-0.2, -0.15) is 0 Å². The molecule has 0 aliphatic heterocycles. The Morgan fingerprint density at radius 1 is 1.25 bits per heavy atom. The minimum absolute atomic E-state index is 0.116. The van der Waals surface area contributed by atoms with Crippen LogP contribution in [0.2, 0.25) is 0 Å². The lowest BCUT2D eigenvalue weighted by Crippen LogP contribution is -2.24. The number of carbonyl (C=O) groups excluding carboxylic acids is 1. The molecule has 2 aromatic rings. The van der Waals surface area contributed by atoms with E-state index in [1.165, 1.54) is 0 Å². The molecule has 0 saturated heterocycles. The van der Waals surface area contributed by atoms with Gasteiger partial charge in [0.15, 0.2) is 0 Å². The fourth-order valence-corrected chi connectivity index (χ4v) is 2.63. The lowest BCUT2D eigenvalue weighted by atomic mass is 10.1. The Bertz CT molecular complexity index is 680. The summed E-state index contributed by atoms with van der Waals surface area (Å²) in [5.41, 5.74) is 3.66. The van der Waals surface area contributed by atoms with Crippen LogP contribution >= 0.6 is 11.6 Å². The molecule has 1 amide bonds. The number of hydrogen-bond donors (Lipinski definition) is 1. The van der Waals surface area contributed by atoms with Crippen molar-refractivity contribution < 1.29 is 4.79 Å². The molecule has 0 unspecified atom stereocenters. The predicted molar refractivity (Wildman–Crippen MR) is 79.0 cm³/mol. The maximum absolute atomic E-state index is 12.2.